The molecule has 1 heterocycles. The first-order valence-electron chi connectivity index (χ1n) is 12.5. The molecule has 36 heavy (non-hydrogen) atoms. The molecule has 0 bridgehead atoms. The van der Waals surface area contributed by atoms with E-state index >= 15 is 0 Å². The molecule has 0 spiro atoms. The van der Waals surface area contributed by atoms with Crippen LogP contribution in [0.5, 0.6) is 5.75 Å². The van der Waals surface area contributed by atoms with Crippen molar-refractivity contribution in [2.75, 3.05) is 23.9 Å². The molecule has 0 amide bonds. The lowest BCUT2D eigenvalue weighted by Crippen LogP contribution is -2.34. The molecule has 3 aromatic rings. The first-order valence-corrected chi connectivity index (χ1v) is 12.5. The van der Waals surface area contributed by atoms with Gasteiger partial charge in [-0.25, -0.2) is 9.37 Å². The molecule has 0 unspecified atom stereocenters. The van der Waals surface area contributed by atoms with Crippen molar-refractivity contribution in [3.63, 3.8) is 0 Å². The molecule has 2 aromatic carbocycles. The zero-order chi connectivity index (χ0) is 25.5. The van der Waals surface area contributed by atoms with Gasteiger partial charge >= 0.3 is 5.97 Å². The number of nitrogens with one attached hydrogen (secondary N) is 1. The van der Waals surface area contributed by atoms with Crippen LogP contribution in [0.15, 0.2) is 54.7 Å². The average molecular weight is 493 g/mol. The van der Waals surface area contributed by atoms with Crippen LogP contribution < -0.4 is 10.2 Å². The minimum absolute atomic E-state index is 0.0348. The van der Waals surface area contributed by atoms with E-state index in [2.05, 4.69) is 15.2 Å². The quantitative estimate of drug-likeness (QED) is 0.362. The van der Waals surface area contributed by atoms with Gasteiger partial charge in [0.1, 0.15) is 17.4 Å². The van der Waals surface area contributed by atoms with Crippen LogP contribution in [0.25, 0.3) is 11.1 Å². The van der Waals surface area contributed by atoms with Crippen LogP contribution >= 0.6 is 0 Å². The Bertz CT molecular complexity index is 1170. The SMILES string of the molecule is CCOC(=O)C[C@@H](Nc1nc(N(C)C2CCCCC2)ncc1-c1ccccc1F)c1ccc(O)cc1. The fourth-order valence-corrected chi connectivity index (χ4v) is 4.67. The van der Waals surface area contributed by atoms with Crippen molar-refractivity contribution < 1.29 is 19.0 Å². The number of aromatic nitrogens is 2. The van der Waals surface area contributed by atoms with Crippen LogP contribution in [-0.2, 0) is 9.53 Å². The third kappa shape index (κ3) is 6.11. The van der Waals surface area contributed by atoms with E-state index in [0.29, 0.717) is 28.9 Å². The number of rotatable bonds is 9. The lowest BCUT2D eigenvalue weighted by Gasteiger charge is -2.31. The van der Waals surface area contributed by atoms with Gasteiger partial charge in [0.2, 0.25) is 5.95 Å². The van der Waals surface area contributed by atoms with Crippen LogP contribution in [0.1, 0.15) is 57.1 Å². The summed E-state index contributed by atoms with van der Waals surface area (Å²) < 4.78 is 20.0. The molecule has 0 saturated heterocycles. The summed E-state index contributed by atoms with van der Waals surface area (Å²) in [6.45, 7) is 2.03. The van der Waals surface area contributed by atoms with E-state index < -0.39 is 6.04 Å². The largest absolute Gasteiger partial charge is 0.508 e. The number of hydrogen-bond donors (Lipinski definition) is 2. The number of carbonyl (C=O) groups is 1. The number of halogens is 1. The number of hydrogen-bond acceptors (Lipinski definition) is 7. The molecule has 1 aliphatic rings. The van der Waals surface area contributed by atoms with E-state index in [1.54, 1.807) is 55.6 Å². The second kappa shape index (κ2) is 11.8. The predicted octanol–water partition coefficient (Wildman–Crippen LogP) is 5.86. The van der Waals surface area contributed by atoms with E-state index in [1.165, 1.54) is 25.3 Å². The Morgan fingerprint density at radius 2 is 1.86 bits per heavy atom. The Labute approximate surface area is 211 Å². The third-order valence-corrected chi connectivity index (χ3v) is 6.66. The summed E-state index contributed by atoms with van der Waals surface area (Å²) in [6, 6.07) is 12.9. The first-order chi connectivity index (χ1) is 17.5. The minimum Gasteiger partial charge on any atom is -0.508 e. The number of phenolic OH excluding ortho intramolecular Hbond substituents is 1. The van der Waals surface area contributed by atoms with Gasteiger partial charge in [-0.2, -0.15) is 4.98 Å². The average Bonchev–Trinajstić information content (AvgIpc) is 2.89. The molecule has 0 aliphatic heterocycles. The highest BCUT2D eigenvalue weighted by Gasteiger charge is 2.24. The standard InChI is InChI=1S/C28H33FN4O3/c1-3-36-26(35)17-25(19-13-15-21(34)16-14-19)31-27-23(22-11-7-8-12-24(22)29)18-30-28(32-27)33(2)20-9-5-4-6-10-20/h7-8,11-16,18,20,25,34H,3-6,9-10,17H2,1-2H3,(H,30,31,32)/t25-/m1/s1. The third-order valence-electron chi connectivity index (χ3n) is 6.66. The maximum atomic E-state index is 14.8. The van der Waals surface area contributed by atoms with Crippen molar-refractivity contribution in [2.24, 2.45) is 0 Å². The summed E-state index contributed by atoms with van der Waals surface area (Å²) in [6.07, 6.45) is 7.43. The predicted molar refractivity (Wildman–Crippen MR) is 138 cm³/mol. The summed E-state index contributed by atoms with van der Waals surface area (Å²) in [4.78, 5) is 24.0. The van der Waals surface area contributed by atoms with Gasteiger partial charge in [0.15, 0.2) is 0 Å². The van der Waals surface area contributed by atoms with Crippen LogP contribution in [-0.4, -0.2) is 40.7 Å². The van der Waals surface area contributed by atoms with Crippen LogP contribution in [0, 0.1) is 5.82 Å². The summed E-state index contributed by atoms with van der Waals surface area (Å²) >= 11 is 0. The topological polar surface area (TPSA) is 87.6 Å². The summed E-state index contributed by atoms with van der Waals surface area (Å²) in [5, 5.41) is 13.1. The number of ether oxygens (including phenoxy) is 1. The van der Waals surface area contributed by atoms with Gasteiger partial charge in [-0.3, -0.25) is 4.79 Å². The van der Waals surface area contributed by atoms with E-state index in [1.807, 2.05) is 7.05 Å². The van der Waals surface area contributed by atoms with Crippen molar-refractivity contribution in [3.8, 4) is 16.9 Å². The van der Waals surface area contributed by atoms with E-state index in [4.69, 9.17) is 9.72 Å². The van der Waals surface area contributed by atoms with Gasteiger partial charge in [0.05, 0.1) is 19.1 Å². The molecule has 1 aromatic heterocycles. The number of benzene rings is 2. The number of carbonyl (C=O) groups excluding carboxylic acids is 1. The molecule has 1 aliphatic carbocycles. The second-order valence-electron chi connectivity index (χ2n) is 9.11. The number of phenols is 1. The highest BCUT2D eigenvalue weighted by molar-refractivity contribution is 5.77. The number of anilines is 2. The second-order valence-corrected chi connectivity index (χ2v) is 9.11. The Hall–Kier alpha value is -3.68. The van der Waals surface area contributed by atoms with Gasteiger partial charge < -0.3 is 20.1 Å². The zero-order valence-corrected chi connectivity index (χ0v) is 20.8. The molecule has 8 heteroatoms. The van der Waals surface area contributed by atoms with E-state index in [9.17, 15) is 14.3 Å². The molecule has 7 nitrogen and oxygen atoms in total. The van der Waals surface area contributed by atoms with Crippen LogP contribution in [0.2, 0.25) is 0 Å². The lowest BCUT2D eigenvalue weighted by molar-refractivity contribution is -0.143. The molecule has 4 rings (SSSR count). The molecule has 2 N–H and O–H groups in total. The van der Waals surface area contributed by atoms with E-state index in [-0.39, 0.29) is 30.6 Å². The highest BCUT2D eigenvalue weighted by Crippen LogP contribution is 2.34. The number of aromatic hydroxyl groups is 1. The van der Waals surface area contributed by atoms with Gasteiger partial charge in [-0.15, -0.1) is 0 Å². The Morgan fingerprint density at radius 3 is 2.56 bits per heavy atom. The molecule has 1 saturated carbocycles. The molecular weight excluding hydrogens is 459 g/mol. The maximum absolute atomic E-state index is 14.8. The normalized spacial score (nSPS) is 14.8. The van der Waals surface area contributed by atoms with Crippen LogP contribution in [0.4, 0.5) is 16.2 Å². The number of esters is 1. The monoisotopic (exact) mass is 492 g/mol. The molecule has 190 valence electrons. The molecule has 1 fully saturated rings. The van der Waals surface area contributed by atoms with Gasteiger partial charge in [0.25, 0.3) is 0 Å². The molecule has 1 atom stereocenters. The van der Waals surface area contributed by atoms with Gasteiger partial charge in [0, 0.05) is 30.4 Å². The van der Waals surface area contributed by atoms with Gasteiger partial charge in [-0.1, -0.05) is 49.6 Å². The van der Waals surface area contributed by atoms with Crippen molar-refractivity contribution >= 4 is 17.7 Å². The Kier molecular flexibility index (Phi) is 8.36. The smallest absolute Gasteiger partial charge is 0.308 e. The fourth-order valence-electron chi connectivity index (χ4n) is 4.67. The molecular formula is C28H33FN4O3. The Morgan fingerprint density at radius 1 is 1.14 bits per heavy atom. The summed E-state index contributed by atoms with van der Waals surface area (Å²) in [7, 11) is 1.99. The number of nitrogens with zero attached hydrogens (tertiary/aromatic N) is 3. The lowest BCUT2D eigenvalue weighted by atomic mass is 9.95. The zero-order valence-electron chi connectivity index (χ0n) is 20.8. The summed E-state index contributed by atoms with van der Waals surface area (Å²) in [5.41, 5.74) is 1.63. The van der Waals surface area contributed by atoms with Gasteiger partial charge in [-0.05, 0) is 43.5 Å². The molecule has 0 radical (unpaired) electrons. The Balaban J connectivity index is 1.74. The van der Waals surface area contributed by atoms with Crippen molar-refractivity contribution in [3.05, 3.63) is 66.1 Å². The highest BCUT2D eigenvalue weighted by atomic mass is 19.1. The van der Waals surface area contributed by atoms with Crippen molar-refractivity contribution in [1.82, 2.24) is 9.97 Å². The van der Waals surface area contributed by atoms with E-state index in [0.717, 1.165) is 18.4 Å². The fraction of sp³-hybridized carbons (Fsp3) is 0.393. The van der Waals surface area contributed by atoms with Crippen LogP contribution in [0.3, 0.4) is 0 Å². The van der Waals surface area contributed by atoms with Crippen molar-refractivity contribution in [1.29, 1.82) is 0 Å². The minimum atomic E-state index is -0.516. The first kappa shape index (κ1) is 25.4. The maximum Gasteiger partial charge on any atom is 0.308 e. The van der Waals surface area contributed by atoms with Crippen molar-refractivity contribution in [2.45, 2.75) is 57.5 Å². The summed E-state index contributed by atoms with van der Waals surface area (Å²) in [5.74, 6) is 0.340.